The van der Waals surface area contributed by atoms with Crippen LogP contribution in [0.3, 0.4) is 0 Å². The monoisotopic (exact) mass is 423 g/mol. The number of halogens is 1. The van der Waals surface area contributed by atoms with Crippen molar-refractivity contribution in [1.82, 2.24) is 4.31 Å². The summed E-state index contributed by atoms with van der Waals surface area (Å²) in [7, 11) is -1.94. The van der Waals surface area contributed by atoms with Gasteiger partial charge in [0.05, 0.1) is 16.5 Å². The van der Waals surface area contributed by atoms with Gasteiger partial charge in [0, 0.05) is 19.2 Å². The zero-order valence-electron chi connectivity index (χ0n) is 14.2. The minimum Gasteiger partial charge on any atom is -0.496 e. The Balaban J connectivity index is 1.67. The Bertz CT molecular complexity index is 816. The summed E-state index contributed by atoms with van der Waals surface area (Å²) in [6.45, 7) is 1.14. The molecule has 6 heteroatoms. The second-order valence-corrected chi connectivity index (χ2v) is 9.13. The van der Waals surface area contributed by atoms with Crippen molar-refractivity contribution in [2.24, 2.45) is 5.92 Å². The van der Waals surface area contributed by atoms with Gasteiger partial charge in [-0.15, -0.1) is 0 Å². The van der Waals surface area contributed by atoms with E-state index < -0.39 is 10.0 Å². The van der Waals surface area contributed by atoms with E-state index in [2.05, 4.69) is 40.2 Å². The molecule has 2 aromatic carbocycles. The average Bonchev–Trinajstić information content (AvgIpc) is 2.63. The molecule has 0 N–H and O–H groups in total. The lowest BCUT2D eigenvalue weighted by atomic mass is 9.91. The second kappa shape index (κ2) is 7.89. The molecule has 0 aromatic heterocycles. The zero-order valence-corrected chi connectivity index (χ0v) is 16.6. The number of methoxy groups -OCH3 is 1. The van der Waals surface area contributed by atoms with E-state index in [0.717, 1.165) is 23.7 Å². The van der Waals surface area contributed by atoms with Gasteiger partial charge in [0.2, 0.25) is 10.0 Å². The van der Waals surface area contributed by atoms with Gasteiger partial charge in [-0.3, -0.25) is 0 Å². The highest BCUT2D eigenvalue weighted by atomic mass is 79.9. The van der Waals surface area contributed by atoms with Gasteiger partial charge >= 0.3 is 0 Å². The molecule has 0 radical (unpaired) electrons. The van der Waals surface area contributed by atoms with E-state index in [1.165, 1.54) is 12.7 Å². The van der Waals surface area contributed by atoms with Crippen LogP contribution < -0.4 is 4.74 Å². The van der Waals surface area contributed by atoms with Crippen LogP contribution in [0.15, 0.2) is 57.9 Å². The quantitative estimate of drug-likeness (QED) is 0.726. The highest BCUT2D eigenvalue weighted by Gasteiger charge is 2.29. The van der Waals surface area contributed by atoms with Crippen molar-refractivity contribution in [3.63, 3.8) is 0 Å². The molecule has 0 spiro atoms. The fourth-order valence-electron chi connectivity index (χ4n) is 3.25. The van der Waals surface area contributed by atoms with Crippen LogP contribution in [0.5, 0.6) is 5.75 Å². The fraction of sp³-hybridized carbons (Fsp3) is 0.368. The molecule has 134 valence electrons. The molecular weight excluding hydrogens is 402 g/mol. The van der Waals surface area contributed by atoms with E-state index in [1.54, 1.807) is 22.5 Å². The van der Waals surface area contributed by atoms with E-state index >= 15 is 0 Å². The number of ether oxygens (including phenoxy) is 1. The van der Waals surface area contributed by atoms with Crippen LogP contribution >= 0.6 is 15.9 Å². The molecule has 0 unspecified atom stereocenters. The molecule has 1 saturated heterocycles. The number of sulfonamides is 1. The highest BCUT2D eigenvalue weighted by Crippen LogP contribution is 2.31. The van der Waals surface area contributed by atoms with Crippen molar-refractivity contribution < 1.29 is 13.2 Å². The Labute approximate surface area is 158 Å². The number of hydrogen-bond donors (Lipinski definition) is 0. The number of nitrogens with zero attached hydrogens (tertiary/aromatic N) is 1. The molecule has 1 aliphatic rings. The van der Waals surface area contributed by atoms with Crippen molar-refractivity contribution in [1.29, 1.82) is 0 Å². The fourth-order valence-corrected chi connectivity index (χ4v) is 5.14. The molecule has 1 fully saturated rings. The predicted octanol–water partition coefficient (Wildman–Crippen LogP) is 4.10. The standard InChI is InChI=1S/C19H22BrNO3S/c1-24-19-14-17(7-8-18(19)20)25(22,23)21-11-9-16(10-12-21)13-15-5-3-2-4-6-15/h2-8,14,16H,9-13H2,1H3. The van der Waals surface area contributed by atoms with Crippen LogP contribution in [0.1, 0.15) is 18.4 Å². The first kappa shape index (κ1) is 18.4. The molecule has 0 atom stereocenters. The Morgan fingerprint density at radius 3 is 2.44 bits per heavy atom. The molecule has 1 aliphatic heterocycles. The Hall–Kier alpha value is -1.37. The Morgan fingerprint density at radius 1 is 1.12 bits per heavy atom. The maximum Gasteiger partial charge on any atom is 0.243 e. The van der Waals surface area contributed by atoms with Crippen molar-refractivity contribution in [2.45, 2.75) is 24.2 Å². The van der Waals surface area contributed by atoms with E-state index in [0.29, 0.717) is 24.8 Å². The third kappa shape index (κ3) is 4.25. The highest BCUT2D eigenvalue weighted by molar-refractivity contribution is 9.10. The van der Waals surface area contributed by atoms with Crippen molar-refractivity contribution in [3.05, 3.63) is 58.6 Å². The van der Waals surface area contributed by atoms with Gasteiger partial charge in [-0.05, 0) is 58.8 Å². The summed E-state index contributed by atoms with van der Waals surface area (Å²) in [5.74, 6) is 1.06. The van der Waals surface area contributed by atoms with Gasteiger partial charge in [-0.25, -0.2) is 8.42 Å². The summed E-state index contributed by atoms with van der Waals surface area (Å²) in [4.78, 5) is 0.286. The first-order valence-corrected chi connectivity index (χ1v) is 10.6. The SMILES string of the molecule is COc1cc(S(=O)(=O)N2CCC(Cc3ccccc3)CC2)ccc1Br. The van der Waals surface area contributed by atoms with Gasteiger partial charge in [-0.2, -0.15) is 4.31 Å². The topological polar surface area (TPSA) is 46.6 Å². The molecule has 0 bridgehead atoms. The average molecular weight is 424 g/mol. The molecule has 0 amide bonds. The van der Waals surface area contributed by atoms with Crippen LogP contribution in [0.2, 0.25) is 0 Å². The van der Waals surface area contributed by atoms with Gasteiger partial charge in [0.15, 0.2) is 0 Å². The summed E-state index contributed by atoms with van der Waals surface area (Å²) in [6, 6.07) is 15.3. The van der Waals surface area contributed by atoms with Crippen LogP contribution in [-0.2, 0) is 16.4 Å². The lowest BCUT2D eigenvalue weighted by Crippen LogP contribution is -2.38. The van der Waals surface area contributed by atoms with Crippen LogP contribution in [0.25, 0.3) is 0 Å². The van der Waals surface area contributed by atoms with Gasteiger partial charge in [0.25, 0.3) is 0 Å². The zero-order chi connectivity index (χ0) is 17.9. The van der Waals surface area contributed by atoms with E-state index in [4.69, 9.17) is 4.74 Å². The number of piperidine rings is 1. The minimum absolute atomic E-state index is 0.286. The first-order valence-electron chi connectivity index (χ1n) is 8.38. The smallest absolute Gasteiger partial charge is 0.243 e. The van der Waals surface area contributed by atoms with Crippen molar-refractivity contribution in [3.8, 4) is 5.75 Å². The molecule has 0 saturated carbocycles. The molecule has 0 aliphatic carbocycles. The third-order valence-corrected chi connectivity index (χ3v) is 7.25. The summed E-state index contributed by atoms with van der Waals surface area (Å²) >= 11 is 3.36. The molecule has 4 nitrogen and oxygen atoms in total. The minimum atomic E-state index is -3.48. The number of benzene rings is 2. The molecular formula is C19H22BrNO3S. The Kier molecular flexibility index (Phi) is 5.81. The molecule has 1 heterocycles. The van der Waals surface area contributed by atoms with Crippen LogP contribution in [-0.4, -0.2) is 32.9 Å². The van der Waals surface area contributed by atoms with E-state index in [1.807, 2.05) is 6.07 Å². The maximum atomic E-state index is 12.9. The van der Waals surface area contributed by atoms with Gasteiger partial charge in [-0.1, -0.05) is 30.3 Å². The lowest BCUT2D eigenvalue weighted by Gasteiger charge is -2.31. The van der Waals surface area contributed by atoms with Crippen molar-refractivity contribution in [2.75, 3.05) is 20.2 Å². The lowest BCUT2D eigenvalue weighted by molar-refractivity contribution is 0.272. The van der Waals surface area contributed by atoms with Gasteiger partial charge in [0.1, 0.15) is 5.75 Å². The summed E-state index contributed by atoms with van der Waals surface area (Å²) in [5, 5.41) is 0. The van der Waals surface area contributed by atoms with E-state index in [-0.39, 0.29) is 4.90 Å². The normalized spacial score (nSPS) is 16.7. The van der Waals surface area contributed by atoms with Crippen LogP contribution in [0.4, 0.5) is 0 Å². The molecule has 3 rings (SSSR count). The first-order chi connectivity index (χ1) is 12.0. The maximum absolute atomic E-state index is 12.9. The summed E-state index contributed by atoms with van der Waals surface area (Å²) < 4.78 is 33.3. The molecule has 2 aromatic rings. The number of rotatable bonds is 5. The Morgan fingerprint density at radius 2 is 1.80 bits per heavy atom. The summed E-state index contributed by atoms with van der Waals surface area (Å²) in [5.41, 5.74) is 1.32. The predicted molar refractivity (Wildman–Crippen MR) is 102 cm³/mol. The van der Waals surface area contributed by atoms with Gasteiger partial charge < -0.3 is 4.74 Å². The second-order valence-electron chi connectivity index (χ2n) is 6.33. The van der Waals surface area contributed by atoms with Crippen molar-refractivity contribution >= 4 is 26.0 Å². The number of hydrogen-bond acceptors (Lipinski definition) is 3. The van der Waals surface area contributed by atoms with Crippen LogP contribution in [0, 0.1) is 5.92 Å². The van der Waals surface area contributed by atoms with E-state index in [9.17, 15) is 8.42 Å². The molecule has 25 heavy (non-hydrogen) atoms. The summed E-state index contributed by atoms with van der Waals surface area (Å²) in [6.07, 6.45) is 2.80. The third-order valence-electron chi connectivity index (χ3n) is 4.70. The largest absolute Gasteiger partial charge is 0.496 e.